The Kier molecular flexibility index (Phi) is 20.5. The van der Waals surface area contributed by atoms with Gasteiger partial charge in [0.1, 0.15) is 17.5 Å². The molecule has 82 heavy (non-hydrogen) atoms. The first-order valence-electron chi connectivity index (χ1n) is 29.9. The van der Waals surface area contributed by atoms with Gasteiger partial charge in [0.15, 0.2) is 0 Å². The lowest BCUT2D eigenvalue weighted by Crippen LogP contribution is -2.63. The van der Waals surface area contributed by atoms with E-state index in [1.807, 2.05) is 78.9 Å². The maximum atomic E-state index is 14.7. The molecule has 2 heterocycles. The van der Waals surface area contributed by atoms with Crippen molar-refractivity contribution in [2.75, 3.05) is 24.3 Å². The molecule has 4 aliphatic carbocycles. The van der Waals surface area contributed by atoms with Crippen LogP contribution in [0, 0.1) is 46.3 Å². The summed E-state index contributed by atoms with van der Waals surface area (Å²) in [5.41, 5.74) is 1.18. The second-order valence-corrected chi connectivity index (χ2v) is 25.3. The van der Waals surface area contributed by atoms with Gasteiger partial charge in [0.2, 0.25) is 17.7 Å². The highest BCUT2D eigenvalue weighted by Crippen LogP contribution is 2.68. The van der Waals surface area contributed by atoms with Crippen molar-refractivity contribution in [3.63, 3.8) is 0 Å². The number of amides is 4. The fraction of sp³-hybridized carbons (Fsp3) is 0.585. The number of anilines is 2. The Bertz CT molecular complexity index is 2770. The fourth-order valence-electron chi connectivity index (χ4n) is 15.0. The number of alkyl carbamates (subject to hydrolysis) is 1. The molecule has 8 rings (SSSR count). The normalized spacial score (nSPS) is 27.5. The van der Waals surface area contributed by atoms with Crippen molar-refractivity contribution >= 4 is 41.3 Å². The summed E-state index contributed by atoms with van der Waals surface area (Å²) in [6, 6.07) is 25.8. The van der Waals surface area contributed by atoms with Crippen LogP contribution in [0.1, 0.15) is 166 Å². The lowest BCUT2D eigenvalue weighted by Gasteiger charge is -2.63. The Balaban J connectivity index is 0.932. The maximum Gasteiger partial charge on any atom is 0.407 e. The average molecular weight is 1130 g/mol. The van der Waals surface area contributed by atoms with Crippen LogP contribution in [-0.2, 0) is 28.7 Å². The van der Waals surface area contributed by atoms with Gasteiger partial charge in [0.25, 0.3) is 0 Å². The minimum absolute atomic E-state index is 0.0706. The number of nitrogens with zero attached hydrogens (tertiary/aromatic N) is 2. The number of hydrogen-bond donors (Lipinski definition) is 8. The SMILES string of the molecule is COC(=O)CCC(C)C1CCC2C3C(O)CC4CC(NC(=O)CCC(=O)N[C@H](CCCCNC(=O)OC(C)(C)C)C(=O)Nc5ccccc5C(Nc5ccccn5)C(c5ccccn5)C(O)c5ccccc5)CC[C@]4(C)C3CC(O)[C@]12C. The summed E-state index contributed by atoms with van der Waals surface area (Å²) in [4.78, 5) is 76.2. The second kappa shape index (κ2) is 27.3. The second-order valence-electron chi connectivity index (χ2n) is 25.3. The van der Waals surface area contributed by atoms with Gasteiger partial charge in [-0.1, -0.05) is 81.4 Å². The number of carbonyl (C=O) groups excluding carboxylic acids is 5. The zero-order chi connectivity index (χ0) is 58.8. The van der Waals surface area contributed by atoms with Crippen molar-refractivity contribution in [3.8, 4) is 0 Å². The number of carbonyl (C=O) groups is 5. The largest absolute Gasteiger partial charge is 0.469 e. The van der Waals surface area contributed by atoms with E-state index >= 15 is 0 Å². The zero-order valence-corrected chi connectivity index (χ0v) is 49.0. The maximum absolute atomic E-state index is 14.7. The van der Waals surface area contributed by atoms with Gasteiger partial charge in [-0.2, -0.15) is 0 Å². The summed E-state index contributed by atoms with van der Waals surface area (Å²) in [6.45, 7) is 12.4. The highest BCUT2D eigenvalue weighted by atomic mass is 16.6. The number of rotatable bonds is 23. The fourth-order valence-corrected chi connectivity index (χ4v) is 15.0. The van der Waals surface area contributed by atoms with E-state index in [9.17, 15) is 39.3 Å². The van der Waals surface area contributed by atoms with Crippen molar-refractivity contribution in [1.29, 1.82) is 0 Å². The summed E-state index contributed by atoms with van der Waals surface area (Å²) in [6.07, 6.45) is 8.06. The Morgan fingerprint density at radius 3 is 2.20 bits per heavy atom. The van der Waals surface area contributed by atoms with Gasteiger partial charge in [0.05, 0.1) is 37.4 Å². The number of hydrogen-bond acceptors (Lipinski definition) is 13. The number of methoxy groups -OCH3 is 1. The summed E-state index contributed by atoms with van der Waals surface area (Å²) >= 11 is 0. The van der Waals surface area contributed by atoms with E-state index in [2.05, 4.69) is 52.3 Å². The molecule has 0 spiro atoms. The molecule has 8 N–H and O–H groups in total. The molecule has 4 saturated carbocycles. The molecule has 444 valence electrons. The average Bonchev–Trinajstić information content (AvgIpc) is 1.66. The number of fused-ring (bicyclic) bond motifs is 5. The predicted octanol–water partition coefficient (Wildman–Crippen LogP) is 9.72. The van der Waals surface area contributed by atoms with Crippen LogP contribution < -0.4 is 26.6 Å². The molecule has 2 aromatic carbocycles. The summed E-state index contributed by atoms with van der Waals surface area (Å²) in [7, 11) is 1.41. The number of aromatic nitrogens is 2. The Morgan fingerprint density at radius 2 is 1.49 bits per heavy atom. The summed E-state index contributed by atoms with van der Waals surface area (Å²) in [5.74, 6) is -0.623. The van der Waals surface area contributed by atoms with Crippen LogP contribution in [0.4, 0.5) is 16.3 Å². The van der Waals surface area contributed by atoms with Gasteiger partial charge < -0.3 is 51.4 Å². The smallest absolute Gasteiger partial charge is 0.407 e. The first kappa shape index (κ1) is 61.6. The topological polar surface area (TPSA) is 250 Å². The molecular formula is C65H89N7O10. The number of aliphatic hydroxyl groups excluding tert-OH is 3. The summed E-state index contributed by atoms with van der Waals surface area (Å²) in [5, 5.41) is 52.0. The van der Waals surface area contributed by atoms with Gasteiger partial charge in [-0.3, -0.25) is 24.2 Å². The molecule has 2 aromatic heterocycles. The molecule has 4 amide bonds. The van der Waals surface area contributed by atoms with Crippen LogP contribution in [0.15, 0.2) is 103 Å². The molecule has 17 nitrogen and oxygen atoms in total. The standard InChI is InChI=1S/C65H89N7O10/c1-40(26-31-56(77)81-7)45-27-28-46-57-47(39-52(74)65(45,46)6)64(5)33-32-43(37-42(64)38-51(57)73)69-54(75)29-30-55(76)70-50(24-14-17-36-68-62(80)82-63(2,3)4)61(79)71-48-22-12-11-21-44(48)59(72-53-25-15-18-35-67-53)58(49-23-13-16-34-66-49)60(78)41-19-9-8-10-20-41/h8-13,15-16,18-23,25,34-35,40,42-43,45-47,50-52,57-60,73-74,78H,14,17,24,26-33,36-39H2,1-7H3,(H,67,72)(H,68,80)(H,69,75)(H,70,76)(H,71,79)/t40?,42?,43?,45?,46?,47?,50-,51?,52?,57?,58?,59?,60?,64+,65-/m1/s1. The molecule has 17 heteroatoms. The Labute approximate surface area is 484 Å². The first-order chi connectivity index (χ1) is 39.2. The van der Waals surface area contributed by atoms with Crippen molar-refractivity contribution in [1.82, 2.24) is 25.9 Å². The molecule has 0 radical (unpaired) electrons. The van der Waals surface area contributed by atoms with Gasteiger partial charge in [0, 0.05) is 55.6 Å². The molecule has 0 saturated heterocycles. The minimum atomic E-state index is -1.06. The molecule has 12 unspecified atom stereocenters. The lowest BCUT2D eigenvalue weighted by molar-refractivity contribution is -0.202. The molecule has 4 aliphatic rings. The van der Waals surface area contributed by atoms with Gasteiger partial charge in [-0.15, -0.1) is 0 Å². The number of benzene rings is 2. The minimum Gasteiger partial charge on any atom is -0.469 e. The highest BCUT2D eigenvalue weighted by Gasteiger charge is 2.66. The van der Waals surface area contributed by atoms with Crippen molar-refractivity contribution < 1.29 is 48.8 Å². The third kappa shape index (κ3) is 14.7. The molecule has 4 fully saturated rings. The molecule has 0 aliphatic heterocycles. The van der Waals surface area contributed by atoms with E-state index in [-0.39, 0.29) is 90.1 Å². The molecular weight excluding hydrogens is 1040 g/mol. The van der Waals surface area contributed by atoms with Crippen LogP contribution in [0.5, 0.6) is 0 Å². The van der Waals surface area contributed by atoms with Crippen LogP contribution in [0.25, 0.3) is 0 Å². The van der Waals surface area contributed by atoms with E-state index in [1.165, 1.54) is 7.11 Å². The lowest BCUT2D eigenvalue weighted by atomic mass is 9.43. The number of ether oxygens (including phenoxy) is 2. The quantitative estimate of drug-likeness (QED) is 0.0255. The van der Waals surface area contributed by atoms with Crippen LogP contribution >= 0.6 is 0 Å². The zero-order valence-electron chi connectivity index (χ0n) is 49.0. The predicted molar refractivity (Wildman–Crippen MR) is 314 cm³/mol. The number of pyridine rings is 2. The van der Waals surface area contributed by atoms with Crippen LogP contribution in [0.3, 0.4) is 0 Å². The monoisotopic (exact) mass is 1130 g/mol. The van der Waals surface area contributed by atoms with Crippen molar-refractivity contribution in [2.45, 2.75) is 179 Å². The van der Waals surface area contributed by atoms with E-state index in [0.29, 0.717) is 73.3 Å². The number of para-hydroxylation sites is 1. The Morgan fingerprint density at radius 1 is 0.780 bits per heavy atom. The number of unbranched alkanes of at least 4 members (excludes halogenated alkanes) is 1. The van der Waals surface area contributed by atoms with E-state index < -0.39 is 59.8 Å². The van der Waals surface area contributed by atoms with Crippen molar-refractivity contribution in [2.24, 2.45) is 46.3 Å². The number of aliphatic hydroxyl groups is 3. The number of nitrogens with one attached hydrogen (secondary N) is 5. The van der Waals surface area contributed by atoms with E-state index in [4.69, 9.17) is 14.5 Å². The van der Waals surface area contributed by atoms with Gasteiger partial charge >= 0.3 is 12.1 Å². The summed E-state index contributed by atoms with van der Waals surface area (Å²) < 4.78 is 10.3. The molecule has 4 aromatic rings. The van der Waals surface area contributed by atoms with Gasteiger partial charge in [-0.25, -0.2) is 9.78 Å². The van der Waals surface area contributed by atoms with Crippen LogP contribution in [0.2, 0.25) is 0 Å². The van der Waals surface area contributed by atoms with Gasteiger partial charge in [-0.05, 0) is 179 Å². The van der Waals surface area contributed by atoms with Crippen molar-refractivity contribution in [3.05, 3.63) is 120 Å². The third-order valence-electron chi connectivity index (χ3n) is 19.2. The third-order valence-corrected chi connectivity index (χ3v) is 19.2. The van der Waals surface area contributed by atoms with Crippen LogP contribution in [-0.4, -0.2) is 98.6 Å². The Hall–Kier alpha value is -6.43. The van der Waals surface area contributed by atoms with E-state index in [1.54, 1.807) is 45.3 Å². The van der Waals surface area contributed by atoms with E-state index in [0.717, 1.165) is 25.7 Å². The molecule has 0 bridgehead atoms. The first-order valence-corrected chi connectivity index (χ1v) is 29.9. The number of esters is 1. The molecule has 15 atom stereocenters. The highest BCUT2D eigenvalue weighted by molar-refractivity contribution is 5.98.